The van der Waals surface area contributed by atoms with Crippen LogP contribution in [0, 0.1) is 23.3 Å². The summed E-state index contributed by atoms with van der Waals surface area (Å²) in [5.74, 6) is -7.50. The summed E-state index contributed by atoms with van der Waals surface area (Å²) in [6, 6.07) is 7.80. The number of benzene rings is 2. The van der Waals surface area contributed by atoms with Crippen LogP contribution in [0.1, 0.15) is 40.2 Å². The highest BCUT2D eigenvalue weighted by atomic mass is 79.9. The molecule has 3 rings (SSSR count). The molecule has 144 valence electrons. The molecule has 2 aromatic rings. The van der Waals surface area contributed by atoms with E-state index in [0.29, 0.717) is 19.4 Å². The van der Waals surface area contributed by atoms with Gasteiger partial charge in [-0.3, -0.25) is 4.79 Å². The molecule has 0 aliphatic carbocycles. The largest absolute Gasteiger partial charge is 0.338 e. The van der Waals surface area contributed by atoms with Gasteiger partial charge in [0.1, 0.15) is 5.56 Å². The van der Waals surface area contributed by atoms with Crippen LogP contribution in [0.3, 0.4) is 0 Å². The Morgan fingerprint density at radius 1 is 1.07 bits per heavy atom. The lowest BCUT2D eigenvalue weighted by Crippen LogP contribution is -2.39. The first-order valence-electron chi connectivity index (χ1n) is 8.44. The molecule has 1 amide bonds. The second-order valence-electron chi connectivity index (χ2n) is 6.46. The van der Waals surface area contributed by atoms with Crippen molar-refractivity contribution in [2.24, 2.45) is 5.73 Å². The lowest BCUT2D eigenvalue weighted by Gasteiger charge is -2.32. The van der Waals surface area contributed by atoms with Crippen LogP contribution in [0.5, 0.6) is 0 Å². The van der Waals surface area contributed by atoms with Crippen LogP contribution in [-0.2, 0) is 6.54 Å². The fraction of sp³-hybridized carbons (Fsp3) is 0.316. The summed E-state index contributed by atoms with van der Waals surface area (Å²) in [5, 5.41) is 0. The molecule has 1 saturated heterocycles. The molecule has 0 spiro atoms. The molecular weight excluding hydrogens is 428 g/mol. The van der Waals surface area contributed by atoms with Crippen LogP contribution in [0.2, 0.25) is 0 Å². The highest BCUT2D eigenvalue weighted by molar-refractivity contribution is 9.10. The Morgan fingerprint density at radius 3 is 2.22 bits per heavy atom. The number of likely N-dealkylation sites (tertiary alicyclic amines) is 1. The van der Waals surface area contributed by atoms with Crippen molar-refractivity contribution in [1.29, 1.82) is 0 Å². The van der Waals surface area contributed by atoms with Crippen molar-refractivity contribution >= 4 is 21.8 Å². The van der Waals surface area contributed by atoms with E-state index in [2.05, 4.69) is 15.9 Å². The maximum atomic E-state index is 14.1. The number of rotatable bonds is 3. The fourth-order valence-electron chi connectivity index (χ4n) is 3.34. The van der Waals surface area contributed by atoms with E-state index in [0.717, 1.165) is 11.1 Å². The topological polar surface area (TPSA) is 46.3 Å². The third kappa shape index (κ3) is 3.73. The first-order chi connectivity index (χ1) is 12.8. The van der Waals surface area contributed by atoms with Crippen molar-refractivity contribution < 1.29 is 22.4 Å². The molecule has 0 saturated carbocycles. The van der Waals surface area contributed by atoms with Gasteiger partial charge in [-0.25, -0.2) is 17.6 Å². The SMILES string of the molecule is NCc1cccc(C2CCN(C(=O)c3c(F)c(F)c(Br)c(F)c3F)CC2)c1. The van der Waals surface area contributed by atoms with Crippen molar-refractivity contribution in [3.8, 4) is 0 Å². The summed E-state index contributed by atoms with van der Waals surface area (Å²) in [6.07, 6.45) is 1.15. The lowest BCUT2D eigenvalue weighted by molar-refractivity contribution is 0.0700. The number of nitrogens with two attached hydrogens (primary N) is 1. The Bertz CT molecular complexity index is 853. The maximum absolute atomic E-state index is 14.1. The van der Waals surface area contributed by atoms with E-state index in [-0.39, 0.29) is 19.0 Å². The molecule has 0 radical (unpaired) electrons. The molecule has 0 unspecified atom stereocenters. The summed E-state index contributed by atoms with van der Waals surface area (Å²) in [4.78, 5) is 13.7. The van der Waals surface area contributed by atoms with Crippen LogP contribution >= 0.6 is 15.9 Å². The molecule has 27 heavy (non-hydrogen) atoms. The van der Waals surface area contributed by atoms with Gasteiger partial charge in [0.25, 0.3) is 5.91 Å². The Morgan fingerprint density at radius 2 is 1.67 bits per heavy atom. The van der Waals surface area contributed by atoms with Gasteiger partial charge in [-0.2, -0.15) is 0 Å². The molecule has 3 nitrogen and oxygen atoms in total. The summed E-state index contributed by atoms with van der Waals surface area (Å²) in [7, 11) is 0. The predicted octanol–water partition coefficient (Wildman–Crippen LogP) is 4.48. The molecule has 0 atom stereocenters. The zero-order valence-corrected chi connectivity index (χ0v) is 15.8. The Balaban J connectivity index is 1.78. The molecular formula is C19H17BrF4N2O. The quantitative estimate of drug-likeness (QED) is 0.430. The number of amides is 1. The maximum Gasteiger partial charge on any atom is 0.260 e. The second-order valence-corrected chi connectivity index (χ2v) is 7.25. The van der Waals surface area contributed by atoms with E-state index in [1.54, 1.807) is 0 Å². The summed E-state index contributed by atoms with van der Waals surface area (Å²) >= 11 is 2.44. The second kappa shape index (κ2) is 7.98. The van der Waals surface area contributed by atoms with Gasteiger partial charge in [0.15, 0.2) is 23.3 Å². The van der Waals surface area contributed by atoms with Crippen molar-refractivity contribution in [1.82, 2.24) is 4.90 Å². The van der Waals surface area contributed by atoms with E-state index in [9.17, 15) is 22.4 Å². The molecule has 2 aromatic carbocycles. The van der Waals surface area contributed by atoms with E-state index < -0.39 is 39.2 Å². The molecule has 0 bridgehead atoms. The van der Waals surface area contributed by atoms with E-state index in [1.807, 2.05) is 24.3 Å². The average molecular weight is 445 g/mol. The van der Waals surface area contributed by atoms with Gasteiger partial charge >= 0.3 is 0 Å². The van der Waals surface area contributed by atoms with Crippen LogP contribution in [-0.4, -0.2) is 23.9 Å². The van der Waals surface area contributed by atoms with Crippen LogP contribution in [0.4, 0.5) is 17.6 Å². The van der Waals surface area contributed by atoms with Crippen molar-refractivity contribution in [3.63, 3.8) is 0 Å². The first-order valence-corrected chi connectivity index (χ1v) is 9.24. The van der Waals surface area contributed by atoms with Crippen molar-refractivity contribution in [2.45, 2.75) is 25.3 Å². The number of halogens is 5. The third-order valence-electron chi connectivity index (χ3n) is 4.86. The van der Waals surface area contributed by atoms with Gasteiger partial charge < -0.3 is 10.6 Å². The van der Waals surface area contributed by atoms with E-state index in [4.69, 9.17) is 5.73 Å². The van der Waals surface area contributed by atoms with Gasteiger partial charge in [-0.15, -0.1) is 0 Å². The zero-order chi connectivity index (χ0) is 19.7. The molecule has 1 aliphatic heterocycles. The molecule has 1 heterocycles. The molecule has 8 heteroatoms. The molecule has 1 aliphatic rings. The number of nitrogens with zero attached hydrogens (tertiary/aromatic N) is 1. The van der Waals surface area contributed by atoms with Crippen molar-refractivity contribution in [2.75, 3.05) is 13.1 Å². The van der Waals surface area contributed by atoms with Crippen LogP contribution in [0.15, 0.2) is 28.7 Å². The Kier molecular flexibility index (Phi) is 5.86. The average Bonchev–Trinajstić information content (AvgIpc) is 2.71. The standard InChI is InChI=1S/C19H17BrF4N2O/c20-14-17(23)15(21)13(16(22)18(14)24)19(27)26-6-4-11(5-7-26)12-3-1-2-10(8-12)9-25/h1-3,8,11H,4-7,9,25H2. The van der Waals surface area contributed by atoms with Gasteiger partial charge in [0.05, 0.1) is 4.47 Å². The third-order valence-corrected chi connectivity index (χ3v) is 5.56. The minimum Gasteiger partial charge on any atom is -0.338 e. The van der Waals surface area contributed by atoms with Crippen LogP contribution in [0.25, 0.3) is 0 Å². The minimum absolute atomic E-state index is 0.175. The number of hydrogen-bond donors (Lipinski definition) is 1. The summed E-state index contributed by atoms with van der Waals surface area (Å²) in [5.41, 5.74) is 6.53. The predicted molar refractivity (Wildman–Crippen MR) is 96.2 cm³/mol. The molecule has 0 aromatic heterocycles. The summed E-state index contributed by atoms with van der Waals surface area (Å²) in [6.45, 7) is 0.882. The smallest absolute Gasteiger partial charge is 0.260 e. The van der Waals surface area contributed by atoms with E-state index in [1.165, 1.54) is 4.90 Å². The fourth-order valence-corrected chi connectivity index (χ4v) is 3.69. The summed E-state index contributed by atoms with van der Waals surface area (Å²) < 4.78 is 54.6. The Hall–Kier alpha value is -1.93. The Labute approximate surface area is 162 Å². The highest BCUT2D eigenvalue weighted by Gasteiger charge is 2.33. The number of hydrogen-bond acceptors (Lipinski definition) is 2. The zero-order valence-electron chi connectivity index (χ0n) is 14.2. The van der Waals surface area contributed by atoms with Crippen molar-refractivity contribution in [3.05, 3.63) is 68.7 Å². The number of piperidine rings is 1. The van der Waals surface area contributed by atoms with Gasteiger partial charge in [0.2, 0.25) is 0 Å². The number of carbonyl (C=O) groups excluding carboxylic acids is 1. The monoisotopic (exact) mass is 444 g/mol. The molecule has 2 N–H and O–H groups in total. The minimum atomic E-state index is -1.69. The lowest BCUT2D eigenvalue weighted by atomic mass is 9.88. The number of carbonyl (C=O) groups is 1. The van der Waals surface area contributed by atoms with Gasteiger partial charge in [0, 0.05) is 19.6 Å². The molecule has 1 fully saturated rings. The highest BCUT2D eigenvalue weighted by Crippen LogP contribution is 2.32. The van der Waals surface area contributed by atoms with Gasteiger partial charge in [-0.1, -0.05) is 24.3 Å². The normalized spacial score (nSPS) is 15.3. The van der Waals surface area contributed by atoms with Gasteiger partial charge in [-0.05, 0) is 45.8 Å². The van der Waals surface area contributed by atoms with Crippen LogP contribution < -0.4 is 5.73 Å². The van der Waals surface area contributed by atoms with E-state index >= 15 is 0 Å². The first kappa shape index (κ1) is 19.8.